The first-order valence-corrected chi connectivity index (χ1v) is 15.6. The Bertz CT molecular complexity index is 1560. The number of anilines is 1. The largest absolute Gasteiger partial charge is 0.483 e. The Hall–Kier alpha value is -3.48. The molecule has 6 rings (SSSR count). The molecule has 0 spiro atoms. The molecule has 3 aromatic heterocycles. The molecule has 0 radical (unpaired) electrons. The number of aryl methyl sites for hydroxylation is 1. The highest BCUT2D eigenvalue weighted by molar-refractivity contribution is 7.99. The number of esters is 1. The predicted molar refractivity (Wildman–Crippen MR) is 157 cm³/mol. The van der Waals surface area contributed by atoms with Crippen molar-refractivity contribution in [3.8, 4) is 5.75 Å². The lowest BCUT2D eigenvalue weighted by molar-refractivity contribution is -0.113. The summed E-state index contributed by atoms with van der Waals surface area (Å²) in [4.78, 5) is 31.2. The number of hydrogen-bond acceptors (Lipinski definition) is 10. The van der Waals surface area contributed by atoms with Gasteiger partial charge in [-0.1, -0.05) is 30.0 Å². The third-order valence-electron chi connectivity index (χ3n) is 7.30. The highest BCUT2D eigenvalue weighted by Crippen LogP contribution is 2.38. The number of nitrogens with zero attached hydrogens (tertiary/aromatic N) is 4. The SMILES string of the molecule is COC(=O)c1c(NC(=O)CSc2nnc(COc3cccc4cccnc34)n2C[C@@H]2CCCO2)sc2c1CCCC2. The minimum atomic E-state index is -0.408. The Morgan fingerprint density at radius 3 is 2.90 bits per heavy atom. The summed E-state index contributed by atoms with van der Waals surface area (Å²) in [7, 11) is 1.37. The van der Waals surface area contributed by atoms with Crippen LogP contribution in [0.15, 0.2) is 41.7 Å². The van der Waals surface area contributed by atoms with Crippen LogP contribution < -0.4 is 10.1 Å². The molecule has 1 aromatic carbocycles. The summed E-state index contributed by atoms with van der Waals surface area (Å²) in [6, 6.07) is 9.71. The molecule has 4 aromatic rings. The number of methoxy groups -OCH3 is 1. The lowest BCUT2D eigenvalue weighted by Crippen LogP contribution is -2.20. The third-order valence-corrected chi connectivity index (χ3v) is 9.48. The van der Waals surface area contributed by atoms with Crippen LogP contribution in [0.3, 0.4) is 0 Å². The second-order valence-corrected chi connectivity index (χ2v) is 12.1. The maximum absolute atomic E-state index is 13.1. The molecular weight excluding hydrogens is 562 g/mol. The fourth-order valence-electron chi connectivity index (χ4n) is 5.31. The number of fused-ring (bicyclic) bond motifs is 2. The van der Waals surface area contributed by atoms with Gasteiger partial charge in [-0.15, -0.1) is 21.5 Å². The zero-order chi connectivity index (χ0) is 28.2. The van der Waals surface area contributed by atoms with Gasteiger partial charge in [0.2, 0.25) is 5.91 Å². The van der Waals surface area contributed by atoms with Gasteiger partial charge in [0.05, 0.1) is 31.1 Å². The Balaban J connectivity index is 1.17. The van der Waals surface area contributed by atoms with E-state index in [-0.39, 0.29) is 24.4 Å². The van der Waals surface area contributed by atoms with Gasteiger partial charge >= 0.3 is 5.97 Å². The number of ether oxygens (including phenoxy) is 3. The number of rotatable bonds is 10. The van der Waals surface area contributed by atoms with Gasteiger partial charge in [-0.25, -0.2) is 4.79 Å². The lowest BCUT2D eigenvalue weighted by Gasteiger charge is -2.15. The molecule has 10 nitrogen and oxygen atoms in total. The van der Waals surface area contributed by atoms with Crippen molar-refractivity contribution in [3.63, 3.8) is 0 Å². The van der Waals surface area contributed by atoms with Crippen molar-refractivity contribution in [2.75, 3.05) is 24.8 Å². The highest BCUT2D eigenvalue weighted by Gasteiger charge is 2.27. The molecule has 214 valence electrons. The van der Waals surface area contributed by atoms with Crippen molar-refractivity contribution in [1.82, 2.24) is 19.7 Å². The molecule has 0 unspecified atom stereocenters. The summed E-state index contributed by atoms with van der Waals surface area (Å²) >= 11 is 2.78. The van der Waals surface area contributed by atoms with E-state index in [1.165, 1.54) is 30.2 Å². The Kier molecular flexibility index (Phi) is 8.49. The standard InChI is InChI=1S/C29H31N5O5S2/c1-37-28(36)25-20-10-2-3-12-22(20)41-27(25)31-24(35)17-40-29-33-32-23(34(29)15-19-9-6-14-38-19)16-39-21-11-4-7-18-8-5-13-30-26(18)21/h4-5,7-8,11,13,19H,2-3,6,9-10,12,14-17H2,1H3,(H,31,35)/t19-/m0/s1. The summed E-state index contributed by atoms with van der Waals surface area (Å²) in [5, 5.41) is 13.9. The van der Waals surface area contributed by atoms with Crippen molar-refractivity contribution >= 4 is 50.9 Å². The third kappa shape index (κ3) is 6.09. The number of pyridine rings is 1. The van der Waals surface area contributed by atoms with E-state index in [1.807, 2.05) is 34.9 Å². The topological polar surface area (TPSA) is 117 Å². The molecule has 1 atom stereocenters. The zero-order valence-electron chi connectivity index (χ0n) is 22.8. The van der Waals surface area contributed by atoms with Crippen LogP contribution in [0.5, 0.6) is 5.75 Å². The minimum absolute atomic E-state index is 0.0530. The molecule has 1 aliphatic carbocycles. The molecule has 1 aliphatic heterocycles. The normalized spacial score (nSPS) is 16.5. The highest BCUT2D eigenvalue weighted by atomic mass is 32.2. The van der Waals surface area contributed by atoms with Crippen LogP contribution in [0.25, 0.3) is 10.9 Å². The van der Waals surface area contributed by atoms with Crippen LogP contribution in [-0.4, -0.2) is 57.2 Å². The number of thioether (sulfide) groups is 1. The minimum Gasteiger partial charge on any atom is -0.483 e. The smallest absolute Gasteiger partial charge is 0.341 e. The number of hydrogen-bond donors (Lipinski definition) is 1. The number of carbonyl (C=O) groups excluding carboxylic acids is 2. The van der Waals surface area contributed by atoms with Gasteiger partial charge in [0, 0.05) is 23.1 Å². The molecule has 1 saturated heterocycles. The van der Waals surface area contributed by atoms with E-state index < -0.39 is 5.97 Å². The molecule has 1 N–H and O–H groups in total. The van der Waals surface area contributed by atoms with Gasteiger partial charge in [-0.2, -0.15) is 0 Å². The number of nitrogens with one attached hydrogen (secondary N) is 1. The molecule has 12 heteroatoms. The van der Waals surface area contributed by atoms with Gasteiger partial charge in [0.25, 0.3) is 0 Å². The van der Waals surface area contributed by atoms with Crippen LogP contribution >= 0.6 is 23.1 Å². The van der Waals surface area contributed by atoms with Crippen LogP contribution in [-0.2, 0) is 40.3 Å². The summed E-state index contributed by atoms with van der Waals surface area (Å²) in [6.45, 7) is 1.51. The van der Waals surface area contributed by atoms with E-state index in [0.29, 0.717) is 33.8 Å². The van der Waals surface area contributed by atoms with Crippen LogP contribution in [0.4, 0.5) is 5.00 Å². The fourth-order valence-corrected chi connectivity index (χ4v) is 7.37. The van der Waals surface area contributed by atoms with Crippen molar-refractivity contribution < 1.29 is 23.8 Å². The number of thiophene rings is 1. The van der Waals surface area contributed by atoms with Gasteiger partial charge in [0.15, 0.2) is 11.0 Å². The summed E-state index contributed by atoms with van der Waals surface area (Å²) in [6.07, 6.45) is 7.62. The van der Waals surface area contributed by atoms with Gasteiger partial charge < -0.3 is 24.1 Å². The molecule has 41 heavy (non-hydrogen) atoms. The molecule has 0 saturated carbocycles. The Morgan fingerprint density at radius 2 is 2.05 bits per heavy atom. The average molecular weight is 594 g/mol. The van der Waals surface area contributed by atoms with E-state index in [9.17, 15) is 9.59 Å². The summed E-state index contributed by atoms with van der Waals surface area (Å²) < 4.78 is 19.1. The van der Waals surface area contributed by atoms with E-state index in [2.05, 4.69) is 20.5 Å². The van der Waals surface area contributed by atoms with Crippen LogP contribution in [0.2, 0.25) is 0 Å². The Labute approximate surface area is 245 Å². The molecule has 2 aliphatic rings. The predicted octanol–water partition coefficient (Wildman–Crippen LogP) is 5.04. The molecule has 1 amide bonds. The first-order valence-electron chi connectivity index (χ1n) is 13.8. The second kappa shape index (κ2) is 12.6. The first-order chi connectivity index (χ1) is 20.1. The summed E-state index contributed by atoms with van der Waals surface area (Å²) in [5.41, 5.74) is 2.29. The van der Waals surface area contributed by atoms with Crippen molar-refractivity contribution in [3.05, 3.63) is 58.4 Å². The number of benzene rings is 1. The monoisotopic (exact) mass is 593 g/mol. The zero-order valence-corrected chi connectivity index (χ0v) is 24.4. The first kappa shape index (κ1) is 27.7. The van der Waals surface area contributed by atoms with E-state index in [0.717, 1.165) is 66.5 Å². The molecular formula is C29H31N5O5S2. The molecule has 1 fully saturated rings. The van der Waals surface area contributed by atoms with Gasteiger partial charge in [-0.3, -0.25) is 9.78 Å². The van der Waals surface area contributed by atoms with Crippen molar-refractivity contribution in [1.29, 1.82) is 0 Å². The quantitative estimate of drug-likeness (QED) is 0.199. The van der Waals surface area contributed by atoms with E-state index in [1.54, 1.807) is 6.20 Å². The number of carbonyl (C=O) groups is 2. The van der Waals surface area contributed by atoms with Crippen LogP contribution in [0.1, 0.15) is 52.3 Å². The summed E-state index contributed by atoms with van der Waals surface area (Å²) in [5.74, 6) is 0.805. The molecule has 4 heterocycles. The number of aromatic nitrogens is 4. The van der Waals surface area contributed by atoms with Gasteiger partial charge in [-0.05, 0) is 56.2 Å². The lowest BCUT2D eigenvalue weighted by atomic mass is 9.95. The van der Waals surface area contributed by atoms with E-state index >= 15 is 0 Å². The Morgan fingerprint density at radius 1 is 1.17 bits per heavy atom. The molecule has 0 bridgehead atoms. The maximum atomic E-state index is 13.1. The van der Waals surface area contributed by atoms with Crippen molar-refractivity contribution in [2.24, 2.45) is 0 Å². The van der Waals surface area contributed by atoms with Gasteiger partial charge in [0.1, 0.15) is 22.9 Å². The average Bonchev–Trinajstić information content (AvgIpc) is 3.74. The second-order valence-electron chi connectivity index (χ2n) is 10.0. The van der Waals surface area contributed by atoms with E-state index in [4.69, 9.17) is 14.2 Å². The van der Waals surface area contributed by atoms with Crippen molar-refractivity contribution in [2.45, 2.75) is 62.9 Å². The van der Waals surface area contributed by atoms with Crippen LogP contribution in [0, 0.1) is 0 Å². The number of para-hydroxylation sites is 1. The fraction of sp³-hybridized carbons (Fsp3) is 0.414. The number of amides is 1. The maximum Gasteiger partial charge on any atom is 0.341 e.